The molecular weight excluding hydrogens is 580 g/mol. The lowest BCUT2D eigenvalue weighted by Crippen LogP contribution is -2.18. The zero-order valence-corrected chi connectivity index (χ0v) is 22.4. The van der Waals surface area contributed by atoms with Gasteiger partial charge in [0.15, 0.2) is 0 Å². The van der Waals surface area contributed by atoms with Crippen molar-refractivity contribution in [1.29, 1.82) is 0 Å². The van der Waals surface area contributed by atoms with Gasteiger partial charge in [-0.2, -0.15) is 0 Å². The Morgan fingerprint density at radius 2 is 1.43 bits per heavy atom. The Labute approximate surface area is 236 Å². The first-order chi connectivity index (χ1) is 17.6. The highest BCUT2D eigenvalue weighted by atomic mass is 35.5. The molecule has 0 unspecified atom stereocenters. The summed E-state index contributed by atoms with van der Waals surface area (Å²) in [6.07, 6.45) is 3.14. The zero-order valence-electron chi connectivity index (χ0n) is 18.6. The first kappa shape index (κ1) is 25.8. The molecule has 2 amide bonds. The van der Waals surface area contributed by atoms with Gasteiger partial charge in [0.2, 0.25) is 5.91 Å². The molecule has 0 saturated heterocycles. The van der Waals surface area contributed by atoms with Crippen LogP contribution in [0, 0.1) is 5.92 Å². The van der Waals surface area contributed by atoms with Crippen LogP contribution in [0.1, 0.15) is 21.8 Å². The lowest BCUT2D eigenvalue weighted by molar-refractivity contribution is -0.117. The number of anilines is 2. The molecule has 1 saturated carbocycles. The number of hydrogen-bond donors (Lipinski definition) is 2. The molecule has 2 N–H and O–H groups in total. The lowest BCUT2D eigenvalue weighted by atomic mass is 10.1. The van der Waals surface area contributed by atoms with Gasteiger partial charge in [0.1, 0.15) is 17.0 Å². The molecule has 4 aromatic rings. The molecule has 7 nitrogen and oxygen atoms in total. The number of carbonyl (C=O) groups excluding carboxylic acids is 2. The van der Waals surface area contributed by atoms with Crippen LogP contribution in [-0.4, -0.2) is 30.9 Å². The van der Waals surface area contributed by atoms with Gasteiger partial charge in [0.25, 0.3) is 5.91 Å². The number of aromatic nitrogens is 3. The number of halogens is 5. The molecule has 1 aliphatic rings. The van der Waals surface area contributed by atoms with E-state index in [2.05, 4.69) is 20.8 Å². The Kier molecular flexibility index (Phi) is 7.09. The Hall–Kier alpha value is -2.81. The summed E-state index contributed by atoms with van der Waals surface area (Å²) in [4.78, 5) is 26.0. The number of rotatable bonds is 6. The fourth-order valence-electron chi connectivity index (χ4n) is 4.07. The second kappa shape index (κ2) is 10.2. The van der Waals surface area contributed by atoms with Crippen LogP contribution < -0.4 is 10.6 Å². The van der Waals surface area contributed by atoms with Crippen molar-refractivity contribution >= 4 is 81.2 Å². The lowest BCUT2D eigenvalue weighted by Gasteiger charge is -2.11. The summed E-state index contributed by atoms with van der Waals surface area (Å²) in [6, 6.07) is 16.6. The van der Waals surface area contributed by atoms with Gasteiger partial charge in [0.05, 0.1) is 16.5 Å². The van der Waals surface area contributed by atoms with E-state index in [4.69, 9.17) is 58.0 Å². The van der Waals surface area contributed by atoms with Crippen LogP contribution in [0.2, 0.25) is 15.1 Å². The first-order valence-electron chi connectivity index (χ1n) is 10.8. The molecular formula is C25H16Cl5N5O2. The molecule has 1 heterocycles. The van der Waals surface area contributed by atoms with E-state index < -0.39 is 28.0 Å². The van der Waals surface area contributed by atoms with E-state index in [0.717, 1.165) is 5.69 Å². The minimum atomic E-state index is -1.33. The predicted octanol–water partition coefficient (Wildman–Crippen LogP) is 7.01. The van der Waals surface area contributed by atoms with Gasteiger partial charge >= 0.3 is 0 Å². The Bertz CT molecular complexity index is 1470. The van der Waals surface area contributed by atoms with Crippen molar-refractivity contribution < 1.29 is 9.59 Å². The molecule has 0 bridgehead atoms. The van der Waals surface area contributed by atoms with E-state index in [1.165, 1.54) is 12.1 Å². The van der Waals surface area contributed by atoms with E-state index >= 15 is 0 Å². The summed E-state index contributed by atoms with van der Waals surface area (Å²) in [5.74, 6) is -2.10. The van der Waals surface area contributed by atoms with Gasteiger partial charge in [-0.25, -0.2) is 0 Å². The van der Waals surface area contributed by atoms with E-state index in [0.29, 0.717) is 27.0 Å². The maximum Gasteiger partial charge on any atom is 0.257 e. The van der Waals surface area contributed by atoms with Gasteiger partial charge in [-0.05, 0) is 66.2 Å². The van der Waals surface area contributed by atoms with E-state index in [1.54, 1.807) is 65.8 Å². The van der Waals surface area contributed by atoms with E-state index in [-0.39, 0.29) is 10.6 Å². The highest BCUT2D eigenvalue weighted by Crippen LogP contribution is 2.65. The normalized spacial score (nSPS) is 17.8. The van der Waals surface area contributed by atoms with Gasteiger partial charge in [-0.1, -0.05) is 34.8 Å². The third kappa shape index (κ3) is 5.42. The maximum atomic E-state index is 13.0. The molecule has 2 atom stereocenters. The van der Waals surface area contributed by atoms with Crippen LogP contribution in [0.25, 0.3) is 5.69 Å². The Morgan fingerprint density at radius 3 is 2.08 bits per heavy atom. The summed E-state index contributed by atoms with van der Waals surface area (Å²) in [5, 5.41) is 14.2. The van der Waals surface area contributed by atoms with Gasteiger partial charge in [-0.3, -0.25) is 14.2 Å². The molecule has 0 radical (unpaired) electrons. The minimum absolute atomic E-state index is 0.180. The molecule has 188 valence electrons. The Balaban J connectivity index is 1.29. The predicted molar refractivity (Wildman–Crippen MR) is 147 cm³/mol. The van der Waals surface area contributed by atoms with Gasteiger partial charge in [-0.15, -0.1) is 33.4 Å². The minimum Gasteiger partial charge on any atom is -0.326 e. The van der Waals surface area contributed by atoms with Crippen LogP contribution in [0.4, 0.5) is 11.4 Å². The van der Waals surface area contributed by atoms with Crippen LogP contribution in [0.3, 0.4) is 0 Å². The molecule has 12 heteroatoms. The number of hydrogen-bond acceptors (Lipinski definition) is 4. The SMILES string of the molecule is O=C(Nc1ccc(-n2cnnc2)cc1)c1cc(NC(=O)[C@@H]2[C@@H](c3cc(Cl)cc(Cl)c3)C2(Cl)Cl)ccc1Cl. The second-order valence-corrected chi connectivity index (χ2v) is 11.1. The van der Waals surface area contributed by atoms with Crippen LogP contribution in [0.5, 0.6) is 0 Å². The van der Waals surface area contributed by atoms with Crippen molar-refractivity contribution in [3.05, 3.63) is 99.5 Å². The summed E-state index contributed by atoms with van der Waals surface area (Å²) >= 11 is 31.4. The number of benzene rings is 3. The first-order valence-corrected chi connectivity index (χ1v) is 12.7. The highest BCUT2D eigenvalue weighted by molar-refractivity contribution is 6.53. The maximum absolute atomic E-state index is 13.0. The number of amides is 2. The number of nitrogens with one attached hydrogen (secondary N) is 2. The summed E-state index contributed by atoms with van der Waals surface area (Å²) in [7, 11) is 0. The summed E-state index contributed by atoms with van der Waals surface area (Å²) in [6.45, 7) is 0. The molecule has 1 aromatic heterocycles. The van der Waals surface area contributed by atoms with Crippen molar-refractivity contribution in [3.8, 4) is 5.69 Å². The standard InChI is InChI=1S/C25H16Cl5N5O2/c26-14-7-13(8-15(27)9-14)21-22(25(21,29)30)24(37)34-17-3-6-20(28)19(10-17)23(36)33-16-1-4-18(5-2-16)35-11-31-32-12-35/h1-12,21-22H,(H,33,36)(H,34,37)/t21-,22+/m1/s1. The molecule has 3 aromatic carbocycles. The molecule has 1 aliphatic carbocycles. The topological polar surface area (TPSA) is 88.9 Å². The zero-order chi connectivity index (χ0) is 26.3. The highest BCUT2D eigenvalue weighted by Gasteiger charge is 2.67. The van der Waals surface area contributed by atoms with Gasteiger partial charge < -0.3 is 10.6 Å². The average molecular weight is 596 g/mol. The van der Waals surface area contributed by atoms with Crippen molar-refractivity contribution in [2.75, 3.05) is 10.6 Å². The van der Waals surface area contributed by atoms with Crippen molar-refractivity contribution in [3.63, 3.8) is 0 Å². The van der Waals surface area contributed by atoms with Crippen LogP contribution in [-0.2, 0) is 4.79 Å². The summed E-state index contributed by atoms with van der Waals surface area (Å²) in [5.41, 5.74) is 2.59. The second-order valence-electron chi connectivity index (χ2n) is 8.39. The number of carbonyl (C=O) groups is 2. The fraction of sp³-hybridized carbons (Fsp3) is 0.120. The molecule has 1 fully saturated rings. The molecule has 37 heavy (non-hydrogen) atoms. The largest absolute Gasteiger partial charge is 0.326 e. The van der Waals surface area contributed by atoms with Crippen LogP contribution in [0.15, 0.2) is 73.3 Å². The van der Waals surface area contributed by atoms with Crippen molar-refractivity contribution in [2.45, 2.75) is 10.3 Å². The molecule has 0 aliphatic heterocycles. The number of nitrogens with zero attached hydrogens (tertiary/aromatic N) is 3. The van der Waals surface area contributed by atoms with Crippen molar-refractivity contribution in [2.24, 2.45) is 5.92 Å². The Morgan fingerprint density at radius 1 is 0.811 bits per heavy atom. The quantitative estimate of drug-likeness (QED) is 0.235. The van der Waals surface area contributed by atoms with Crippen molar-refractivity contribution in [1.82, 2.24) is 14.8 Å². The smallest absolute Gasteiger partial charge is 0.257 e. The summed E-state index contributed by atoms with van der Waals surface area (Å²) < 4.78 is 0.403. The number of alkyl halides is 2. The molecule has 0 spiro atoms. The van der Waals surface area contributed by atoms with Gasteiger partial charge in [0, 0.05) is 33.0 Å². The monoisotopic (exact) mass is 593 g/mol. The molecule has 5 rings (SSSR count). The van der Waals surface area contributed by atoms with E-state index in [1.807, 2.05) is 0 Å². The fourth-order valence-corrected chi connectivity index (χ4v) is 5.64. The third-order valence-corrected chi connectivity index (χ3v) is 7.61. The van der Waals surface area contributed by atoms with E-state index in [9.17, 15) is 9.59 Å². The average Bonchev–Trinajstić information content (AvgIpc) is 3.16. The van der Waals surface area contributed by atoms with Crippen LogP contribution >= 0.6 is 58.0 Å². The third-order valence-electron chi connectivity index (χ3n) is 5.90.